The molecule has 0 amide bonds. The van der Waals surface area contributed by atoms with E-state index in [4.69, 9.17) is 0 Å². The summed E-state index contributed by atoms with van der Waals surface area (Å²) in [5.74, 6) is 0. The van der Waals surface area contributed by atoms with Gasteiger partial charge in [0.15, 0.2) is 0 Å². The van der Waals surface area contributed by atoms with Gasteiger partial charge in [0, 0.05) is 12.1 Å². The molecule has 0 aromatic rings. The van der Waals surface area contributed by atoms with E-state index in [9.17, 15) is 0 Å². The molecule has 1 heterocycles. The third-order valence-corrected chi connectivity index (χ3v) is 1.41. The number of rotatable bonds is 0. The van der Waals surface area contributed by atoms with Gasteiger partial charge in [-0.05, 0) is 13.8 Å². The Labute approximate surface area is 61.4 Å². The molecule has 1 aliphatic heterocycles. The van der Waals surface area contributed by atoms with Crippen LogP contribution in [0.25, 0.3) is 0 Å². The second-order valence-electron chi connectivity index (χ2n) is 2.50. The van der Waals surface area contributed by atoms with E-state index in [0.29, 0.717) is 0 Å². The molecular weight excluding hydrogens is 124 g/mol. The van der Waals surface area contributed by atoms with Crippen molar-refractivity contribution in [1.29, 1.82) is 0 Å². The molecule has 0 aromatic carbocycles. The van der Waals surface area contributed by atoms with Crippen LogP contribution in [0, 0.1) is 0 Å². The number of hydrogen-bond donors (Lipinski definition) is 0. The van der Waals surface area contributed by atoms with Crippen LogP contribution < -0.4 is 0 Å². The van der Waals surface area contributed by atoms with Crippen molar-refractivity contribution < 1.29 is 0 Å². The van der Waals surface area contributed by atoms with Gasteiger partial charge in [-0.25, -0.2) is 4.99 Å². The maximum atomic E-state index is 4.13. The minimum atomic E-state index is 0.289. The molecule has 0 fully saturated rings. The average Bonchev–Trinajstić information content (AvgIpc) is 1.84. The predicted molar refractivity (Wildman–Crippen MR) is 44.8 cm³/mol. The van der Waals surface area contributed by atoms with Crippen LogP contribution in [0.1, 0.15) is 20.3 Å². The van der Waals surface area contributed by atoms with E-state index >= 15 is 0 Å². The highest BCUT2D eigenvalue weighted by molar-refractivity contribution is 5.89. The highest BCUT2D eigenvalue weighted by Gasteiger charge is 1.93. The first-order valence-corrected chi connectivity index (χ1v) is 3.50. The van der Waals surface area contributed by atoms with E-state index < -0.39 is 0 Å². The quantitative estimate of drug-likeness (QED) is 0.454. The van der Waals surface area contributed by atoms with Crippen LogP contribution in [0.15, 0.2) is 22.1 Å². The van der Waals surface area contributed by atoms with Crippen LogP contribution in [-0.4, -0.2) is 18.1 Å². The zero-order chi connectivity index (χ0) is 7.40. The normalized spacial score (nSPS) is 28.6. The molecule has 0 unspecified atom stereocenters. The van der Waals surface area contributed by atoms with Crippen molar-refractivity contribution in [3.63, 3.8) is 0 Å². The fourth-order valence-corrected chi connectivity index (χ4v) is 0.775. The lowest BCUT2D eigenvalue weighted by atomic mass is 10.2. The average molecular weight is 136 g/mol. The highest BCUT2D eigenvalue weighted by atomic mass is 14.9. The van der Waals surface area contributed by atoms with Crippen molar-refractivity contribution in [2.45, 2.75) is 26.3 Å². The Morgan fingerprint density at radius 2 is 2.40 bits per heavy atom. The van der Waals surface area contributed by atoms with Gasteiger partial charge in [0.2, 0.25) is 0 Å². The summed E-state index contributed by atoms with van der Waals surface area (Å²) in [7, 11) is 0. The van der Waals surface area contributed by atoms with Crippen molar-refractivity contribution in [3.05, 3.63) is 12.2 Å². The van der Waals surface area contributed by atoms with Crippen molar-refractivity contribution in [3.8, 4) is 0 Å². The fourth-order valence-electron chi connectivity index (χ4n) is 0.775. The topological polar surface area (TPSA) is 24.7 Å². The molecule has 0 bridgehead atoms. The minimum absolute atomic E-state index is 0.289. The van der Waals surface area contributed by atoms with E-state index in [2.05, 4.69) is 22.1 Å². The summed E-state index contributed by atoms with van der Waals surface area (Å²) in [6, 6.07) is 0.289. The molecular formula is C8H12N2. The summed E-state index contributed by atoms with van der Waals surface area (Å²) in [4.78, 5) is 8.24. The van der Waals surface area contributed by atoms with Crippen LogP contribution in [-0.2, 0) is 0 Å². The lowest BCUT2D eigenvalue weighted by Crippen LogP contribution is -1.97. The molecule has 1 rings (SSSR count). The summed E-state index contributed by atoms with van der Waals surface area (Å²) in [5, 5.41) is 0. The highest BCUT2D eigenvalue weighted by Crippen LogP contribution is 1.97. The zero-order valence-corrected chi connectivity index (χ0v) is 6.41. The predicted octanol–water partition coefficient (Wildman–Crippen LogP) is 1.82. The first kappa shape index (κ1) is 7.19. The maximum Gasteiger partial charge on any atom is 0.110 e. The Bertz CT molecular complexity index is 189. The molecule has 0 saturated carbocycles. The van der Waals surface area contributed by atoms with Crippen molar-refractivity contribution in [2.75, 3.05) is 0 Å². The van der Waals surface area contributed by atoms with Crippen molar-refractivity contribution >= 4 is 12.1 Å². The lowest BCUT2D eigenvalue weighted by Gasteiger charge is -2.00. The molecule has 1 aliphatic rings. The molecule has 0 N–H and O–H groups in total. The van der Waals surface area contributed by atoms with Crippen LogP contribution in [0.4, 0.5) is 0 Å². The second kappa shape index (κ2) is 3.30. The molecule has 0 aliphatic carbocycles. The van der Waals surface area contributed by atoms with Crippen LogP contribution in [0.2, 0.25) is 0 Å². The fraction of sp³-hybridized carbons (Fsp3) is 0.500. The summed E-state index contributed by atoms with van der Waals surface area (Å²) in [6.45, 7) is 4.05. The first-order chi connectivity index (χ1) is 4.79. The smallest absolute Gasteiger partial charge is 0.110 e. The van der Waals surface area contributed by atoms with Gasteiger partial charge in [-0.3, -0.25) is 4.99 Å². The van der Waals surface area contributed by atoms with Gasteiger partial charge >= 0.3 is 0 Å². The number of hydrogen-bond acceptors (Lipinski definition) is 2. The summed E-state index contributed by atoms with van der Waals surface area (Å²) in [6.07, 6.45) is 6.80. The molecule has 54 valence electrons. The number of aliphatic imine (C=N–C) groups is 2. The van der Waals surface area contributed by atoms with Crippen LogP contribution >= 0.6 is 0 Å². The Morgan fingerprint density at radius 1 is 1.60 bits per heavy atom. The van der Waals surface area contributed by atoms with Gasteiger partial charge in [0.25, 0.3) is 0 Å². The van der Waals surface area contributed by atoms with Gasteiger partial charge < -0.3 is 0 Å². The second-order valence-corrected chi connectivity index (χ2v) is 2.50. The van der Waals surface area contributed by atoms with Crippen molar-refractivity contribution in [2.24, 2.45) is 9.98 Å². The summed E-state index contributed by atoms with van der Waals surface area (Å²) < 4.78 is 0. The van der Waals surface area contributed by atoms with Gasteiger partial charge in [0.1, 0.15) is 6.34 Å². The number of allylic oxidation sites excluding steroid dienone is 1. The largest absolute Gasteiger partial charge is 0.266 e. The van der Waals surface area contributed by atoms with E-state index in [1.807, 2.05) is 13.8 Å². The first-order valence-electron chi connectivity index (χ1n) is 3.50. The van der Waals surface area contributed by atoms with E-state index in [1.54, 1.807) is 6.34 Å². The summed E-state index contributed by atoms with van der Waals surface area (Å²) in [5.41, 5.74) is 1.12. The monoisotopic (exact) mass is 136 g/mol. The van der Waals surface area contributed by atoms with Crippen LogP contribution in [0.5, 0.6) is 0 Å². The Hall–Kier alpha value is -0.920. The van der Waals surface area contributed by atoms with Crippen LogP contribution in [0.3, 0.4) is 0 Å². The Morgan fingerprint density at radius 3 is 3.20 bits per heavy atom. The summed E-state index contributed by atoms with van der Waals surface area (Å²) >= 11 is 0. The molecule has 0 spiro atoms. The Balaban J connectivity index is 2.70. The van der Waals surface area contributed by atoms with Gasteiger partial charge in [-0.1, -0.05) is 12.2 Å². The molecule has 0 saturated heterocycles. The molecule has 0 aromatic heterocycles. The third kappa shape index (κ3) is 2.13. The molecule has 2 nitrogen and oxygen atoms in total. The van der Waals surface area contributed by atoms with E-state index in [-0.39, 0.29) is 6.04 Å². The molecule has 10 heavy (non-hydrogen) atoms. The van der Waals surface area contributed by atoms with Gasteiger partial charge in [0.05, 0.1) is 6.04 Å². The van der Waals surface area contributed by atoms with Gasteiger partial charge in [-0.15, -0.1) is 0 Å². The van der Waals surface area contributed by atoms with E-state index in [1.165, 1.54) is 0 Å². The lowest BCUT2D eigenvalue weighted by molar-refractivity contribution is 0.923. The minimum Gasteiger partial charge on any atom is -0.266 e. The Kier molecular flexibility index (Phi) is 2.37. The molecule has 1 atom stereocenters. The zero-order valence-electron chi connectivity index (χ0n) is 6.41. The molecule has 2 heteroatoms. The third-order valence-electron chi connectivity index (χ3n) is 1.41. The van der Waals surface area contributed by atoms with E-state index in [0.717, 1.165) is 12.1 Å². The standard InChI is InChI=1S/C8H12N2/c1-7-4-3-5-8(2)10-6-9-7/h3-4,6-7H,5H2,1-2H3/b4-3-,9-6?,10-8?/t7-/m1/s1. The van der Waals surface area contributed by atoms with Gasteiger partial charge in [-0.2, -0.15) is 0 Å². The maximum absolute atomic E-state index is 4.13. The van der Waals surface area contributed by atoms with Crippen molar-refractivity contribution in [1.82, 2.24) is 0 Å². The number of nitrogens with zero attached hydrogens (tertiary/aromatic N) is 2. The SMILES string of the molecule is CC1=NC=N[C@H](C)/C=C\C1. The molecule has 0 radical (unpaired) electrons.